The van der Waals surface area contributed by atoms with E-state index in [-0.39, 0.29) is 40.6 Å². The van der Waals surface area contributed by atoms with Crippen LogP contribution >= 0.6 is 0 Å². The quantitative estimate of drug-likeness (QED) is 0.230. The van der Waals surface area contributed by atoms with E-state index in [0.29, 0.717) is 13.0 Å². The number of benzene rings is 3. The number of carboxylic acids is 1. The van der Waals surface area contributed by atoms with Crippen LogP contribution in [0.1, 0.15) is 39.5 Å². The van der Waals surface area contributed by atoms with Gasteiger partial charge in [0.2, 0.25) is 0 Å². The number of carboxylic acid groups (broad SMARTS) is 1. The smallest absolute Gasteiger partial charge is 0.416 e. The molecular weight excluding hydrogens is 572 g/mol. The van der Waals surface area contributed by atoms with Crippen molar-refractivity contribution in [2.45, 2.75) is 25.5 Å². The lowest BCUT2D eigenvalue weighted by Gasteiger charge is -2.16. The van der Waals surface area contributed by atoms with Crippen molar-refractivity contribution in [1.82, 2.24) is 0 Å². The number of rotatable bonds is 6. The van der Waals surface area contributed by atoms with Crippen molar-refractivity contribution in [2.75, 3.05) is 0 Å². The van der Waals surface area contributed by atoms with E-state index in [1.807, 2.05) is 0 Å². The Balaban J connectivity index is 2.20. The standard InChI is InChI=1S/C28H17F10NO2/c1-14(26(30,31)32)8-24(19-10-20(27(33,34)35)13-21(11-19)28(36,37)38)39-15(2)16-4-3-5-17(9-16)18-6-7-23(29)22(12-18)25(40)41/h3-13H,2H2,1H3,(H,40,41)/b14-8+,39-24?. The Morgan fingerprint density at radius 2 is 1.37 bits per heavy atom. The van der Waals surface area contributed by atoms with E-state index in [0.717, 1.165) is 12.1 Å². The van der Waals surface area contributed by atoms with Crippen LogP contribution in [0.5, 0.6) is 0 Å². The number of allylic oxidation sites excluding steroid dienone is 2. The Labute approximate surface area is 225 Å². The number of alkyl halides is 9. The molecule has 0 aliphatic rings. The van der Waals surface area contributed by atoms with Gasteiger partial charge in [-0.05, 0) is 60.5 Å². The number of aliphatic imine (C=N–C) groups is 1. The van der Waals surface area contributed by atoms with E-state index < -0.39 is 63.9 Å². The monoisotopic (exact) mass is 589 g/mol. The van der Waals surface area contributed by atoms with Crippen LogP contribution in [0.2, 0.25) is 0 Å². The van der Waals surface area contributed by atoms with Crippen molar-refractivity contribution in [3.8, 4) is 11.1 Å². The minimum absolute atomic E-state index is 0.0716. The van der Waals surface area contributed by atoms with E-state index in [2.05, 4.69) is 11.6 Å². The molecule has 0 amide bonds. The minimum atomic E-state index is -5.26. The van der Waals surface area contributed by atoms with Gasteiger partial charge in [0, 0.05) is 16.7 Å². The van der Waals surface area contributed by atoms with Crippen molar-refractivity contribution in [3.63, 3.8) is 0 Å². The first-order valence-electron chi connectivity index (χ1n) is 11.2. The van der Waals surface area contributed by atoms with Gasteiger partial charge in [0.05, 0.1) is 28.1 Å². The maximum absolute atomic E-state index is 13.8. The molecule has 41 heavy (non-hydrogen) atoms. The number of nitrogens with zero attached hydrogens (tertiary/aromatic N) is 1. The first kappa shape index (κ1) is 31.1. The average Bonchev–Trinajstić information content (AvgIpc) is 2.86. The van der Waals surface area contributed by atoms with Gasteiger partial charge in [0.25, 0.3) is 0 Å². The van der Waals surface area contributed by atoms with Crippen molar-refractivity contribution in [3.05, 3.63) is 113 Å². The molecule has 0 saturated carbocycles. The third-order valence-corrected chi connectivity index (χ3v) is 5.67. The van der Waals surface area contributed by atoms with Gasteiger partial charge >= 0.3 is 24.5 Å². The molecule has 0 radical (unpaired) electrons. The predicted octanol–water partition coefficient (Wildman–Crippen LogP) is 9.20. The SMILES string of the molecule is C=C(N=C(/C=C(\C)C(F)(F)F)c1cc(C(F)(F)F)cc(C(F)(F)F)c1)c1cccc(-c2ccc(F)c(C(=O)O)c2)c1. The fraction of sp³-hybridized carbons (Fsp3) is 0.143. The highest BCUT2D eigenvalue weighted by Gasteiger charge is 2.37. The summed E-state index contributed by atoms with van der Waals surface area (Å²) in [6.07, 6.45) is -15.2. The van der Waals surface area contributed by atoms with Crippen molar-refractivity contribution in [1.29, 1.82) is 0 Å². The van der Waals surface area contributed by atoms with Crippen LogP contribution in [0.25, 0.3) is 16.8 Å². The third-order valence-electron chi connectivity index (χ3n) is 5.67. The Morgan fingerprint density at radius 3 is 1.88 bits per heavy atom. The minimum Gasteiger partial charge on any atom is -0.478 e. The van der Waals surface area contributed by atoms with Gasteiger partial charge in [0.1, 0.15) is 5.82 Å². The van der Waals surface area contributed by atoms with E-state index in [9.17, 15) is 48.7 Å². The summed E-state index contributed by atoms with van der Waals surface area (Å²) in [7, 11) is 0. The van der Waals surface area contributed by atoms with Crippen molar-refractivity contribution < 1.29 is 53.8 Å². The molecule has 0 spiro atoms. The second-order valence-electron chi connectivity index (χ2n) is 8.64. The fourth-order valence-electron chi connectivity index (χ4n) is 3.53. The number of halogens is 10. The Hall–Kier alpha value is -4.42. The second-order valence-corrected chi connectivity index (χ2v) is 8.64. The van der Waals surface area contributed by atoms with Crippen LogP contribution in [0.15, 0.2) is 83.9 Å². The number of carbonyl (C=O) groups is 1. The van der Waals surface area contributed by atoms with Crippen molar-refractivity contribution in [2.24, 2.45) is 4.99 Å². The summed E-state index contributed by atoms with van der Waals surface area (Å²) in [5.74, 6) is -2.56. The molecule has 0 unspecified atom stereocenters. The molecular formula is C28H17F10NO2. The number of hydrogen-bond donors (Lipinski definition) is 1. The number of hydrogen-bond acceptors (Lipinski definition) is 2. The summed E-state index contributed by atoms with van der Waals surface area (Å²) in [5.41, 5.74) is -7.11. The Kier molecular flexibility index (Phi) is 8.51. The normalized spacial score (nSPS) is 13.3. The lowest BCUT2D eigenvalue weighted by Crippen LogP contribution is -2.15. The predicted molar refractivity (Wildman–Crippen MR) is 131 cm³/mol. The van der Waals surface area contributed by atoms with Crippen LogP contribution < -0.4 is 0 Å². The lowest BCUT2D eigenvalue weighted by atomic mass is 9.98. The summed E-state index contributed by atoms with van der Waals surface area (Å²) >= 11 is 0. The van der Waals surface area contributed by atoms with Gasteiger partial charge in [-0.3, -0.25) is 0 Å². The zero-order chi connectivity index (χ0) is 30.9. The van der Waals surface area contributed by atoms with E-state index in [1.165, 1.54) is 30.3 Å². The summed E-state index contributed by atoms with van der Waals surface area (Å²) in [6.45, 7) is 4.16. The number of aromatic carboxylic acids is 1. The molecule has 3 nitrogen and oxygen atoms in total. The van der Waals surface area contributed by atoms with Gasteiger partial charge in [0.15, 0.2) is 0 Å². The Bertz CT molecular complexity index is 1530. The zero-order valence-corrected chi connectivity index (χ0v) is 20.6. The second kappa shape index (κ2) is 11.2. The summed E-state index contributed by atoms with van der Waals surface area (Å²) in [5, 5.41) is 9.16. The first-order chi connectivity index (χ1) is 18.8. The third kappa shape index (κ3) is 7.62. The summed E-state index contributed by atoms with van der Waals surface area (Å²) < 4.78 is 134. The van der Waals surface area contributed by atoms with Crippen LogP contribution in [-0.4, -0.2) is 23.0 Å². The van der Waals surface area contributed by atoms with E-state index >= 15 is 0 Å². The highest BCUT2D eigenvalue weighted by molar-refractivity contribution is 6.11. The van der Waals surface area contributed by atoms with Crippen LogP contribution in [0.3, 0.4) is 0 Å². The van der Waals surface area contributed by atoms with Crippen LogP contribution in [0, 0.1) is 5.82 Å². The highest BCUT2D eigenvalue weighted by Crippen LogP contribution is 2.37. The van der Waals surface area contributed by atoms with E-state index in [4.69, 9.17) is 5.11 Å². The van der Waals surface area contributed by atoms with Gasteiger partial charge in [-0.15, -0.1) is 0 Å². The Morgan fingerprint density at radius 1 is 0.805 bits per heavy atom. The molecule has 0 aliphatic carbocycles. The molecule has 3 aromatic carbocycles. The molecule has 3 rings (SSSR count). The molecule has 0 heterocycles. The maximum atomic E-state index is 13.8. The van der Waals surface area contributed by atoms with Gasteiger partial charge in [-0.2, -0.15) is 39.5 Å². The van der Waals surface area contributed by atoms with Crippen LogP contribution in [-0.2, 0) is 12.4 Å². The van der Waals surface area contributed by atoms with E-state index in [1.54, 1.807) is 0 Å². The summed E-state index contributed by atoms with van der Waals surface area (Å²) in [6, 6.07) is 9.01. The molecule has 3 aromatic rings. The fourth-order valence-corrected chi connectivity index (χ4v) is 3.53. The van der Waals surface area contributed by atoms with Gasteiger partial charge < -0.3 is 5.11 Å². The molecule has 13 heteroatoms. The largest absolute Gasteiger partial charge is 0.478 e. The maximum Gasteiger partial charge on any atom is 0.416 e. The first-order valence-corrected chi connectivity index (χ1v) is 11.2. The average molecular weight is 589 g/mol. The summed E-state index contributed by atoms with van der Waals surface area (Å²) in [4.78, 5) is 15.1. The zero-order valence-electron chi connectivity index (χ0n) is 20.6. The van der Waals surface area contributed by atoms with Gasteiger partial charge in [-0.25, -0.2) is 14.2 Å². The topological polar surface area (TPSA) is 49.7 Å². The molecule has 0 aliphatic heterocycles. The molecule has 0 bridgehead atoms. The molecule has 0 saturated heterocycles. The van der Waals surface area contributed by atoms with Crippen molar-refractivity contribution >= 4 is 17.4 Å². The van der Waals surface area contributed by atoms with Crippen LogP contribution in [0.4, 0.5) is 43.9 Å². The molecule has 1 N–H and O–H groups in total. The molecule has 0 atom stereocenters. The highest BCUT2D eigenvalue weighted by atomic mass is 19.4. The molecule has 0 fully saturated rings. The molecule has 216 valence electrons. The van der Waals surface area contributed by atoms with Gasteiger partial charge in [-0.1, -0.05) is 30.8 Å². The lowest BCUT2D eigenvalue weighted by molar-refractivity contribution is -0.143. The molecule has 0 aromatic heterocycles.